The number of carbonyl (C=O) groups excluding carboxylic acids is 1. The average Bonchev–Trinajstić information content (AvgIpc) is 2.90. The number of hydrogen-bond donors (Lipinski definition) is 1. The zero-order valence-corrected chi connectivity index (χ0v) is 12.3. The van der Waals surface area contributed by atoms with Gasteiger partial charge in [-0.2, -0.15) is 0 Å². The van der Waals surface area contributed by atoms with Crippen LogP contribution < -0.4 is 5.32 Å². The molecule has 0 unspecified atom stereocenters. The van der Waals surface area contributed by atoms with Crippen LogP contribution >= 0.6 is 22.9 Å². The third kappa shape index (κ3) is 2.81. The summed E-state index contributed by atoms with van der Waals surface area (Å²) < 4.78 is 26.9. The first-order chi connectivity index (χ1) is 9.33. The van der Waals surface area contributed by atoms with Crippen LogP contribution in [0.2, 0.25) is 5.02 Å². The molecular formula is C13H11ClF2N2OS. The summed E-state index contributed by atoms with van der Waals surface area (Å²) in [6.45, 7) is 3.49. The molecule has 20 heavy (non-hydrogen) atoms. The van der Waals surface area contributed by atoms with Gasteiger partial charge < -0.3 is 5.32 Å². The van der Waals surface area contributed by atoms with Gasteiger partial charge >= 0.3 is 0 Å². The van der Waals surface area contributed by atoms with E-state index >= 15 is 0 Å². The second-order valence-corrected chi connectivity index (χ2v) is 5.91. The van der Waals surface area contributed by atoms with E-state index in [9.17, 15) is 13.6 Å². The van der Waals surface area contributed by atoms with Crippen molar-refractivity contribution >= 4 is 28.8 Å². The van der Waals surface area contributed by atoms with Gasteiger partial charge in [0.25, 0.3) is 5.91 Å². The molecule has 0 aliphatic heterocycles. The van der Waals surface area contributed by atoms with E-state index < -0.39 is 28.1 Å². The fraction of sp³-hybridized carbons (Fsp3) is 0.231. The zero-order chi connectivity index (χ0) is 14.9. The lowest BCUT2D eigenvalue weighted by atomic mass is 10.1. The van der Waals surface area contributed by atoms with Crippen molar-refractivity contribution in [2.45, 2.75) is 19.4 Å². The minimum absolute atomic E-state index is 0.305. The Labute approximate surface area is 123 Å². The number of rotatable bonds is 3. The molecule has 0 fully saturated rings. The van der Waals surface area contributed by atoms with Crippen molar-refractivity contribution in [1.29, 1.82) is 0 Å². The summed E-state index contributed by atoms with van der Waals surface area (Å²) in [4.78, 5) is 16.2. The SMILES string of the molecule is CC(C)(NC(=O)c1ccc(F)c(Cl)c1F)c1nccs1. The molecular weight excluding hydrogens is 306 g/mol. The van der Waals surface area contributed by atoms with Crippen molar-refractivity contribution in [2.24, 2.45) is 0 Å². The van der Waals surface area contributed by atoms with Crippen molar-refractivity contribution in [3.05, 3.63) is 50.9 Å². The first kappa shape index (κ1) is 14.9. The van der Waals surface area contributed by atoms with E-state index in [-0.39, 0.29) is 5.56 Å². The molecule has 0 saturated heterocycles. The number of nitrogens with one attached hydrogen (secondary N) is 1. The number of amides is 1. The topological polar surface area (TPSA) is 42.0 Å². The van der Waals surface area contributed by atoms with Gasteiger partial charge in [0.15, 0.2) is 5.82 Å². The predicted molar refractivity (Wildman–Crippen MR) is 74.0 cm³/mol. The van der Waals surface area contributed by atoms with Gasteiger partial charge in [0.1, 0.15) is 15.8 Å². The Balaban J connectivity index is 2.27. The molecule has 1 aromatic heterocycles. The minimum Gasteiger partial charge on any atom is -0.341 e. The molecule has 0 radical (unpaired) electrons. The highest BCUT2D eigenvalue weighted by Gasteiger charge is 2.28. The molecule has 1 aromatic carbocycles. The Hall–Kier alpha value is -1.53. The van der Waals surface area contributed by atoms with Crippen LogP contribution in [0.25, 0.3) is 0 Å². The Morgan fingerprint density at radius 2 is 2.10 bits per heavy atom. The Morgan fingerprint density at radius 3 is 2.70 bits per heavy atom. The van der Waals surface area contributed by atoms with Crippen LogP contribution in [0.3, 0.4) is 0 Å². The van der Waals surface area contributed by atoms with E-state index in [0.717, 1.165) is 12.1 Å². The summed E-state index contributed by atoms with van der Waals surface area (Å²) in [5.74, 6) is -2.65. The maximum absolute atomic E-state index is 13.8. The number of aromatic nitrogens is 1. The number of hydrogen-bond acceptors (Lipinski definition) is 3. The maximum atomic E-state index is 13.8. The van der Waals surface area contributed by atoms with E-state index in [1.165, 1.54) is 11.3 Å². The molecule has 1 heterocycles. The summed E-state index contributed by atoms with van der Waals surface area (Å²) in [6.07, 6.45) is 1.61. The van der Waals surface area contributed by atoms with Gasteiger partial charge in [0.05, 0.1) is 11.1 Å². The molecule has 106 valence electrons. The average molecular weight is 317 g/mol. The number of halogens is 3. The van der Waals surface area contributed by atoms with Crippen LogP contribution in [0, 0.1) is 11.6 Å². The lowest BCUT2D eigenvalue weighted by Gasteiger charge is -2.24. The molecule has 2 rings (SSSR count). The maximum Gasteiger partial charge on any atom is 0.255 e. The van der Waals surface area contributed by atoms with Crippen molar-refractivity contribution in [3.8, 4) is 0 Å². The summed E-state index contributed by atoms with van der Waals surface area (Å²) in [6, 6.07) is 2.01. The lowest BCUT2D eigenvalue weighted by molar-refractivity contribution is 0.0907. The van der Waals surface area contributed by atoms with Crippen molar-refractivity contribution in [2.75, 3.05) is 0 Å². The van der Waals surface area contributed by atoms with Crippen LogP contribution in [-0.4, -0.2) is 10.9 Å². The van der Waals surface area contributed by atoms with Crippen LogP contribution in [-0.2, 0) is 5.54 Å². The fourth-order valence-corrected chi connectivity index (χ4v) is 2.52. The van der Waals surface area contributed by atoms with Crippen molar-refractivity contribution in [3.63, 3.8) is 0 Å². The van der Waals surface area contributed by atoms with Crippen molar-refractivity contribution < 1.29 is 13.6 Å². The van der Waals surface area contributed by atoms with E-state index in [4.69, 9.17) is 11.6 Å². The molecule has 7 heteroatoms. The monoisotopic (exact) mass is 316 g/mol. The quantitative estimate of drug-likeness (QED) is 0.876. The van der Waals surface area contributed by atoms with Crippen molar-refractivity contribution in [1.82, 2.24) is 10.3 Å². The molecule has 2 aromatic rings. The second-order valence-electron chi connectivity index (χ2n) is 4.64. The van der Waals surface area contributed by atoms with Gasteiger partial charge in [-0.1, -0.05) is 11.6 Å². The molecule has 0 bridgehead atoms. The first-order valence-corrected chi connectivity index (χ1v) is 6.94. The second kappa shape index (κ2) is 5.46. The molecule has 1 N–H and O–H groups in total. The summed E-state index contributed by atoms with van der Waals surface area (Å²) in [5, 5.41) is 4.42. The number of thiazole rings is 1. The molecule has 0 spiro atoms. The van der Waals surface area contributed by atoms with Crippen LogP contribution in [0.1, 0.15) is 29.2 Å². The number of carbonyl (C=O) groups is 1. The van der Waals surface area contributed by atoms with Gasteiger partial charge in [-0.15, -0.1) is 11.3 Å². The number of benzene rings is 1. The predicted octanol–water partition coefficient (Wildman–Crippen LogP) is 3.74. The first-order valence-electron chi connectivity index (χ1n) is 5.69. The Morgan fingerprint density at radius 1 is 1.40 bits per heavy atom. The molecule has 0 saturated carbocycles. The molecule has 1 amide bonds. The molecule has 3 nitrogen and oxygen atoms in total. The molecule has 0 atom stereocenters. The summed E-state index contributed by atoms with van der Waals surface area (Å²) in [5.41, 5.74) is -1.07. The zero-order valence-electron chi connectivity index (χ0n) is 10.7. The highest BCUT2D eigenvalue weighted by Crippen LogP contribution is 2.25. The fourth-order valence-electron chi connectivity index (χ4n) is 1.64. The summed E-state index contributed by atoms with van der Waals surface area (Å²) in [7, 11) is 0. The van der Waals surface area contributed by atoms with E-state index in [1.54, 1.807) is 25.4 Å². The van der Waals surface area contributed by atoms with Crippen LogP contribution in [0.4, 0.5) is 8.78 Å². The lowest BCUT2D eigenvalue weighted by Crippen LogP contribution is -2.41. The minimum atomic E-state index is -1.07. The third-order valence-electron chi connectivity index (χ3n) is 2.67. The van der Waals surface area contributed by atoms with Gasteiger partial charge in [0.2, 0.25) is 0 Å². The van der Waals surface area contributed by atoms with E-state index in [0.29, 0.717) is 5.01 Å². The van der Waals surface area contributed by atoms with Gasteiger partial charge in [0, 0.05) is 11.6 Å². The highest BCUT2D eigenvalue weighted by atomic mass is 35.5. The molecule has 0 aliphatic carbocycles. The third-order valence-corrected chi connectivity index (χ3v) is 4.12. The smallest absolute Gasteiger partial charge is 0.255 e. The van der Waals surface area contributed by atoms with Gasteiger partial charge in [-0.25, -0.2) is 13.8 Å². The Kier molecular flexibility index (Phi) is 4.06. The molecule has 0 aliphatic rings. The van der Waals surface area contributed by atoms with E-state index in [2.05, 4.69) is 10.3 Å². The number of nitrogens with zero attached hydrogens (tertiary/aromatic N) is 1. The highest BCUT2D eigenvalue weighted by molar-refractivity contribution is 7.09. The van der Waals surface area contributed by atoms with Crippen LogP contribution in [0.15, 0.2) is 23.7 Å². The van der Waals surface area contributed by atoms with Gasteiger partial charge in [-0.05, 0) is 26.0 Å². The largest absolute Gasteiger partial charge is 0.341 e. The Bertz CT molecular complexity index is 644. The summed E-state index contributed by atoms with van der Waals surface area (Å²) >= 11 is 6.83. The van der Waals surface area contributed by atoms with Crippen LogP contribution in [0.5, 0.6) is 0 Å². The standard InChI is InChI=1S/C13H11ClF2N2OS/c1-13(2,12-17-5-6-20-12)18-11(19)7-3-4-8(15)9(14)10(7)16/h3-6H,1-2H3,(H,18,19). The van der Waals surface area contributed by atoms with Gasteiger partial charge in [-0.3, -0.25) is 4.79 Å². The normalized spacial score (nSPS) is 11.4. The van der Waals surface area contributed by atoms with E-state index in [1.807, 2.05) is 0 Å².